The van der Waals surface area contributed by atoms with Crippen LogP contribution in [0.25, 0.3) is 5.57 Å². The van der Waals surface area contributed by atoms with Crippen LogP contribution in [0.5, 0.6) is 5.75 Å². The molecule has 2 heterocycles. The van der Waals surface area contributed by atoms with E-state index in [4.69, 9.17) is 16.2 Å². The van der Waals surface area contributed by atoms with Gasteiger partial charge in [0.25, 0.3) is 0 Å². The molecule has 1 fully saturated rings. The molecule has 2 aliphatic rings. The maximum Gasteiger partial charge on any atom is 1.00 e. The van der Waals surface area contributed by atoms with Gasteiger partial charge >= 0.3 is 35.7 Å². The molecule has 2 amide bonds. The number of aliphatic hydroxyl groups is 1. The summed E-state index contributed by atoms with van der Waals surface area (Å²) in [6, 6.07) is 3.79. The Hall–Kier alpha value is -2.07. The molecule has 1 aromatic carbocycles. The van der Waals surface area contributed by atoms with Gasteiger partial charge in [0.15, 0.2) is 0 Å². The fourth-order valence-corrected chi connectivity index (χ4v) is 3.49. The van der Waals surface area contributed by atoms with Crippen LogP contribution in [0.1, 0.15) is 18.9 Å². The second-order valence-corrected chi connectivity index (χ2v) is 6.03. The minimum Gasteiger partial charge on any atom is -0.543 e. The minimum absolute atomic E-state index is 0. The number of primary amides is 1. The summed E-state index contributed by atoms with van der Waals surface area (Å²) < 4.78 is 4.72. The summed E-state index contributed by atoms with van der Waals surface area (Å²) in [7, 11) is 0. The number of carboxylic acids is 1. The van der Waals surface area contributed by atoms with Crippen molar-refractivity contribution in [3.05, 3.63) is 29.5 Å². The number of hydrogen-bond donors (Lipinski definition) is 3. The van der Waals surface area contributed by atoms with Gasteiger partial charge in [-0.25, -0.2) is 4.79 Å². The van der Waals surface area contributed by atoms with Crippen molar-refractivity contribution in [2.75, 3.05) is 5.73 Å². The van der Waals surface area contributed by atoms with Crippen molar-refractivity contribution in [3.63, 3.8) is 0 Å². The number of aliphatic hydroxyl groups excluding tert-OH is 1. The molecule has 26 heavy (non-hydrogen) atoms. The van der Waals surface area contributed by atoms with Crippen LogP contribution in [0, 0.1) is 5.92 Å². The fraction of sp³-hybridized carbons (Fsp3) is 0.312. The molecule has 5 N–H and O–H groups in total. The number of nitrogens with two attached hydrogens (primary N) is 2. The summed E-state index contributed by atoms with van der Waals surface area (Å²) >= 11 is 0. The molecule has 0 spiro atoms. The van der Waals surface area contributed by atoms with Crippen molar-refractivity contribution < 1.29 is 58.9 Å². The van der Waals surface area contributed by atoms with Crippen molar-refractivity contribution in [1.29, 1.82) is 0 Å². The number of amides is 2. The SMILES string of the molecule is C[C@@H](O)[C@H]1C(=O)N2C(C(=O)[O-])=C(c3ccc(OC(N)=O)cc3N)C[C@H]12.[Na+]. The van der Waals surface area contributed by atoms with E-state index in [0.29, 0.717) is 11.1 Å². The van der Waals surface area contributed by atoms with E-state index in [1.165, 1.54) is 25.1 Å². The number of nitrogens with zero attached hydrogens (tertiary/aromatic N) is 1. The maximum atomic E-state index is 12.2. The predicted molar refractivity (Wildman–Crippen MR) is 83.4 cm³/mol. The Morgan fingerprint density at radius 2 is 2.08 bits per heavy atom. The van der Waals surface area contributed by atoms with E-state index in [1.54, 1.807) is 0 Å². The summed E-state index contributed by atoms with van der Waals surface area (Å²) in [4.78, 5) is 35.7. The Bertz CT molecular complexity index is 822. The van der Waals surface area contributed by atoms with E-state index in [0.717, 1.165) is 4.90 Å². The first-order valence-electron chi connectivity index (χ1n) is 7.55. The van der Waals surface area contributed by atoms with E-state index in [-0.39, 0.29) is 53.1 Å². The normalized spacial score (nSPS) is 22.2. The summed E-state index contributed by atoms with van der Waals surface area (Å²) in [6.45, 7) is 1.49. The molecule has 10 heteroatoms. The number of rotatable bonds is 4. The number of nitrogen functional groups attached to an aromatic ring is 1. The second kappa shape index (κ2) is 7.28. The number of benzene rings is 1. The Balaban J connectivity index is 0.00000243. The number of carbonyl (C=O) groups is 3. The zero-order valence-electron chi connectivity index (χ0n) is 14.3. The van der Waals surface area contributed by atoms with Gasteiger partial charge in [0, 0.05) is 17.3 Å². The van der Waals surface area contributed by atoms with Gasteiger partial charge in [0.1, 0.15) is 5.75 Å². The standard InChI is InChI=1S/C16H17N3O6.Na/c1-6(20)12-11-5-9(13(15(22)23)19(11)14(12)21)8-3-2-7(4-10(8)17)25-16(18)24;/h2-4,6,11-12,20H,5,17H2,1H3,(H2,18,24)(H,22,23);/q;+1/p-1/t6-,11-,12-;/m1./s1. The van der Waals surface area contributed by atoms with Crippen LogP contribution in [0.3, 0.4) is 0 Å². The molecular weight excluding hydrogens is 353 g/mol. The molecule has 0 bridgehead atoms. The van der Waals surface area contributed by atoms with Gasteiger partial charge < -0.3 is 36.1 Å². The van der Waals surface area contributed by atoms with Crippen molar-refractivity contribution in [1.82, 2.24) is 4.90 Å². The third-order valence-corrected chi connectivity index (χ3v) is 4.49. The molecule has 132 valence electrons. The van der Waals surface area contributed by atoms with Crippen LogP contribution in [-0.4, -0.2) is 40.1 Å². The van der Waals surface area contributed by atoms with Crippen LogP contribution in [-0.2, 0) is 9.59 Å². The number of β-lactam (4-membered cyclic amide) rings is 1. The third-order valence-electron chi connectivity index (χ3n) is 4.49. The number of carboxylic acid groups (broad SMARTS) is 1. The number of carbonyl (C=O) groups excluding carboxylic acids is 3. The number of aliphatic carboxylic acids is 1. The number of fused-ring (bicyclic) bond motifs is 1. The zero-order valence-corrected chi connectivity index (χ0v) is 16.3. The Morgan fingerprint density at radius 1 is 1.42 bits per heavy atom. The average Bonchev–Trinajstić information content (AvgIpc) is 2.81. The van der Waals surface area contributed by atoms with Crippen molar-refractivity contribution in [3.8, 4) is 5.75 Å². The van der Waals surface area contributed by atoms with Crippen molar-refractivity contribution in [2.45, 2.75) is 25.5 Å². The molecule has 1 saturated heterocycles. The zero-order chi connectivity index (χ0) is 18.5. The van der Waals surface area contributed by atoms with Gasteiger partial charge in [-0.15, -0.1) is 0 Å². The molecule has 0 unspecified atom stereocenters. The predicted octanol–water partition coefficient (Wildman–Crippen LogP) is -4.20. The van der Waals surface area contributed by atoms with Crippen LogP contribution in [0.2, 0.25) is 0 Å². The summed E-state index contributed by atoms with van der Waals surface area (Å²) in [5, 5.41) is 21.3. The van der Waals surface area contributed by atoms with E-state index in [1.807, 2.05) is 0 Å². The molecule has 0 radical (unpaired) electrons. The van der Waals surface area contributed by atoms with Gasteiger partial charge in [-0.3, -0.25) is 4.79 Å². The summed E-state index contributed by atoms with van der Waals surface area (Å²) in [6.07, 6.45) is -1.66. The second-order valence-electron chi connectivity index (χ2n) is 6.03. The first kappa shape index (κ1) is 20.2. The van der Waals surface area contributed by atoms with Crippen molar-refractivity contribution in [2.24, 2.45) is 11.7 Å². The largest absolute Gasteiger partial charge is 1.00 e. The fourth-order valence-electron chi connectivity index (χ4n) is 3.49. The molecule has 2 aliphatic heterocycles. The minimum atomic E-state index is -1.49. The molecular formula is C16H16N3NaO6. The van der Waals surface area contributed by atoms with E-state index >= 15 is 0 Å². The van der Waals surface area contributed by atoms with Crippen LogP contribution in [0.15, 0.2) is 23.9 Å². The topological polar surface area (TPSA) is 159 Å². The number of anilines is 1. The van der Waals surface area contributed by atoms with Gasteiger partial charge in [0.05, 0.1) is 29.7 Å². The van der Waals surface area contributed by atoms with Gasteiger partial charge in [-0.2, -0.15) is 0 Å². The summed E-state index contributed by atoms with van der Waals surface area (Å²) in [5.74, 6) is -2.50. The Labute approximate surface area is 170 Å². The quantitative estimate of drug-likeness (QED) is 0.276. The molecule has 1 aromatic rings. The number of hydrogen-bond acceptors (Lipinski definition) is 7. The smallest absolute Gasteiger partial charge is 0.543 e. The van der Waals surface area contributed by atoms with Gasteiger partial charge in [-0.05, 0) is 31.1 Å². The van der Waals surface area contributed by atoms with Gasteiger partial charge in [-0.1, -0.05) is 0 Å². The molecule has 0 saturated carbocycles. The van der Waals surface area contributed by atoms with Crippen LogP contribution < -0.4 is 50.9 Å². The number of ether oxygens (including phenoxy) is 1. The first-order chi connectivity index (χ1) is 11.7. The molecule has 3 atom stereocenters. The van der Waals surface area contributed by atoms with Crippen LogP contribution >= 0.6 is 0 Å². The maximum absolute atomic E-state index is 12.2. The molecule has 0 aromatic heterocycles. The molecule has 3 rings (SSSR count). The van der Waals surface area contributed by atoms with Gasteiger partial charge in [0.2, 0.25) is 5.91 Å². The summed E-state index contributed by atoms with van der Waals surface area (Å²) in [5.41, 5.74) is 11.5. The Kier molecular flexibility index (Phi) is 5.67. The van der Waals surface area contributed by atoms with E-state index in [2.05, 4.69) is 0 Å². The monoisotopic (exact) mass is 369 g/mol. The van der Waals surface area contributed by atoms with E-state index in [9.17, 15) is 24.6 Å². The average molecular weight is 369 g/mol. The van der Waals surface area contributed by atoms with Crippen molar-refractivity contribution >= 4 is 29.2 Å². The van der Waals surface area contributed by atoms with E-state index < -0.39 is 36.0 Å². The molecule has 9 nitrogen and oxygen atoms in total. The van der Waals surface area contributed by atoms with Crippen LogP contribution in [0.4, 0.5) is 10.5 Å². The third kappa shape index (κ3) is 3.18. The molecule has 0 aliphatic carbocycles. The Morgan fingerprint density at radius 3 is 2.58 bits per heavy atom. The first-order valence-corrected chi connectivity index (χ1v) is 7.55.